The van der Waals surface area contributed by atoms with Crippen molar-refractivity contribution in [3.05, 3.63) is 78.8 Å². The Labute approximate surface area is 151 Å². The lowest BCUT2D eigenvalue weighted by Crippen LogP contribution is -2.25. The van der Waals surface area contributed by atoms with Crippen LogP contribution in [0, 0.1) is 0 Å². The smallest absolute Gasteiger partial charge is 0.252 e. The van der Waals surface area contributed by atoms with E-state index in [1.807, 2.05) is 36.4 Å². The zero-order chi connectivity index (χ0) is 17.8. The quantitative estimate of drug-likeness (QED) is 0.522. The van der Waals surface area contributed by atoms with Gasteiger partial charge in [0, 0.05) is 42.8 Å². The second kappa shape index (κ2) is 7.27. The highest BCUT2D eigenvalue weighted by Gasteiger charge is 2.13. The Morgan fingerprint density at radius 1 is 1.08 bits per heavy atom. The first kappa shape index (κ1) is 16.1. The van der Waals surface area contributed by atoms with Crippen molar-refractivity contribution in [2.45, 2.75) is 13.0 Å². The van der Waals surface area contributed by atoms with Crippen LogP contribution >= 0.6 is 0 Å². The van der Waals surface area contributed by atoms with Gasteiger partial charge in [0.1, 0.15) is 5.82 Å². The SMILES string of the molecule is O=C(NCCCn1ccc2ccccc21)c1ccccc1-c1ncc[nH]1. The summed E-state index contributed by atoms with van der Waals surface area (Å²) in [5.74, 6) is 0.629. The first-order chi connectivity index (χ1) is 12.8. The number of nitrogens with zero attached hydrogens (tertiary/aromatic N) is 2. The first-order valence-electron chi connectivity index (χ1n) is 8.74. The van der Waals surface area contributed by atoms with Gasteiger partial charge < -0.3 is 14.9 Å². The predicted molar refractivity (Wildman–Crippen MR) is 103 cm³/mol. The molecule has 0 aliphatic carbocycles. The third kappa shape index (κ3) is 3.24. The van der Waals surface area contributed by atoms with Crippen molar-refractivity contribution in [3.63, 3.8) is 0 Å². The molecule has 0 saturated carbocycles. The number of H-pyrrole nitrogens is 1. The lowest BCUT2D eigenvalue weighted by Gasteiger charge is -2.10. The van der Waals surface area contributed by atoms with Gasteiger partial charge in [-0.2, -0.15) is 0 Å². The highest BCUT2D eigenvalue weighted by Crippen LogP contribution is 2.20. The number of aromatic amines is 1. The maximum absolute atomic E-state index is 12.6. The average Bonchev–Trinajstić information content (AvgIpc) is 3.35. The summed E-state index contributed by atoms with van der Waals surface area (Å²) in [6.07, 6.45) is 6.41. The van der Waals surface area contributed by atoms with Crippen molar-refractivity contribution in [1.82, 2.24) is 19.9 Å². The average molecular weight is 344 g/mol. The molecular formula is C21H20N4O. The minimum Gasteiger partial charge on any atom is -0.352 e. The first-order valence-corrected chi connectivity index (χ1v) is 8.74. The van der Waals surface area contributed by atoms with E-state index in [1.54, 1.807) is 12.4 Å². The Hall–Kier alpha value is -3.34. The molecular weight excluding hydrogens is 324 g/mol. The summed E-state index contributed by atoms with van der Waals surface area (Å²) in [4.78, 5) is 19.9. The van der Waals surface area contributed by atoms with Crippen molar-refractivity contribution >= 4 is 16.8 Å². The minimum atomic E-state index is -0.0747. The number of aryl methyl sites for hydroxylation is 1. The summed E-state index contributed by atoms with van der Waals surface area (Å²) in [5, 5.41) is 4.26. The Bertz CT molecular complexity index is 1020. The number of rotatable bonds is 6. The van der Waals surface area contributed by atoms with Crippen LogP contribution in [0.3, 0.4) is 0 Å². The van der Waals surface area contributed by atoms with E-state index in [2.05, 4.69) is 44.2 Å². The molecule has 2 aromatic carbocycles. The fourth-order valence-corrected chi connectivity index (χ4v) is 3.18. The summed E-state index contributed by atoms with van der Waals surface area (Å²) in [6, 6.07) is 17.9. The predicted octanol–water partition coefficient (Wildman–Crippen LogP) is 3.85. The summed E-state index contributed by atoms with van der Waals surface area (Å²) >= 11 is 0. The molecule has 1 amide bonds. The van der Waals surface area contributed by atoms with Crippen molar-refractivity contribution in [2.75, 3.05) is 6.54 Å². The topological polar surface area (TPSA) is 62.7 Å². The van der Waals surface area contributed by atoms with Gasteiger partial charge in [0.15, 0.2) is 0 Å². The van der Waals surface area contributed by atoms with Gasteiger partial charge in [-0.05, 0) is 30.0 Å². The summed E-state index contributed by atoms with van der Waals surface area (Å²) in [6.45, 7) is 1.49. The summed E-state index contributed by atoms with van der Waals surface area (Å²) in [7, 11) is 0. The van der Waals surface area contributed by atoms with Gasteiger partial charge in [0.25, 0.3) is 5.91 Å². The maximum atomic E-state index is 12.6. The van der Waals surface area contributed by atoms with Crippen LogP contribution in [0.15, 0.2) is 73.2 Å². The molecule has 0 spiro atoms. The summed E-state index contributed by atoms with van der Waals surface area (Å²) in [5.41, 5.74) is 2.67. The molecule has 0 unspecified atom stereocenters. The highest BCUT2D eigenvalue weighted by atomic mass is 16.1. The Morgan fingerprint density at radius 3 is 2.81 bits per heavy atom. The number of para-hydroxylation sites is 1. The van der Waals surface area contributed by atoms with Crippen molar-refractivity contribution in [1.29, 1.82) is 0 Å². The van der Waals surface area contributed by atoms with E-state index in [0.717, 1.165) is 18.5 Å². The van der Waals surface area contributed by atoms with Crippen molar-refractivity contribution < 1.29 is 4.79 Å². The third-order valence-corrected chi connectivity index (χ3v) is 4.47. The Balaban J connectivity index is 1.38. The molecule has 0 atom stereocenters. The fourth-order valence-electron chi connectivity index (χ4n) is 3.18. The number of fused-ring (bicyclic) bond motifs is 1. The van der Waals surface area contributed by atoms with E-state index in [-0.39, 0.29) is 5.91 Å². The molecule has 0 saturated heterocycles. The lowest BCUT2D eigenvalue weighted by atomic mass is 10.1. The number of hydrogen-bond donors (Lipinski definition) is 2. The zero-order valence-corrected chi connectivity index (χ0v) is 14.4. The molecule has 0 bridgehead atoms. The molecule has 0 radical (unpaired) electrons. The van der Waals surface area contributed by atoms with Gasteiger partial charge in [-0.25, -0.2) is 4.98 Å². The van der Waals surface area contributed by atoms with Crippen molar-refractivity contribution in [3.8, 4) is 11.4 Å². The molecule has 4 aromatic rings. The van der Waals surface area contributed by atoms with Gasteiger partial charge in [-0.1, -0.05) is 36.4 Å². The van der Waals surface area contributed by atoms with E-state index in [0.29, 0.717) is 17.9 Å². The molecule has 5 nitrogen and oxygen atoms in total. The van der Waals surface area contributed by atoms with E-state index in [9.17, 15) is 4.79 Å². The molecule has 4 rings (SSSR count). The second-order valence-corrected chi connectivity index (χ2v) is 6.16. The normalized spacial score (nSPS) is 10.9. The fraction of sp³-hybridized carbons (Fsp3) is 0.143. The molecule has 0 aliphatic heterocycles. The number of hydrogen-bond acceptors (Lipinski definition) is 2. The van der Waals surface area contributed by atoms with Crippen LogP contribution in [0.5, 0.6) is 0 Å². The second-order valence-electron chi connectivity index (χ2n) is 6.16. The minimum absolute atomic E-state index is 0.0747. The largest absolute Gasteiger partial charge is 0.352 e. The molecule has 130 valence electrons. The molecule has 0 aliphatic rings. The maximum Gasteiger partial charge on any atom is 0.252 e. The number of benzene rings is 2. The number of carbonyl (C=O) groups is 1. The van der Waals surface area contributed by atoms with Gasteiger partial charge in [-0.3, -0.25) is 4.79 Å². The van der Waals surface area contributed by atoms with E-state index in [4.69, 9.17) is 0 Å². The van der Waals surface area contributed by atoms with E-state index >= 15 is 0 Å². The van der Waals surface area contributed by atoms with Gasteiger partial charge in [-0.15, -0.1) is 0 Å². The molecule has 2 heterocycles. The number of nitrogens with one attached hydrogen (secondary N) is 2. The van der Waals surface area contributed by atoms with Crippen LogP contribution < -0.4 is 5.32 Å². The lowest BCUT2D eigenvalue weighted by molar-refractivity contribution is 0.0953. The van der Waals surface area contributed by atoms with Gasteiger partial charge in [0.05, 0.1) is 5.56 Å². The number of aromatic nitrogens is 3. The molecule has 2 N–H and O–H groups in total. The standard InChI is InChI=1S/C21H20N4O/c26-21(18-8-3-2-7-17(18)20-22-12-13-23-20)24-11-5-14-25-15-10-16-6-1-4-9-19(16)25/h1-4,6-10,12-13,15H,5,11,14H2,(H,22,23)(H,24,26). The molecule has 2 aromatic heterocycles. The van der Waals surface area contributed by atoms with Gasteiger partial charge >= 0.3 is 0 Å². The van der Waals surface area contributed by atoms with Crippen LogP contribution in [0.1, 0.15) is 16.8 Å². The van der Waals surface area contributed by atoms with Crippen LogP contribution in [0.25, 0.3) is 22.3 Å². The van der Waals surface area contributed by atoms with E-state index < -0.39 is 0 Å². The summed E-state index contributed by atoms with van der Waals surface area (Å²) < 4.78 is 2.22. The molecule has 0 fully saturated rings. The van der Waals surface area contributed by atoms with E-state index in [1.165, 1.54) is 10.9 Å². The van der Waals surface area contributed by atoms with Gasteiger partial charge in [0.2, 0.25) is 0 Å². The Morgan fingerprint density at radius 2 is 1.92 bits per heavy atom. The van der Waals surface area contributed by atoms with Crippen LogP contribution in [0.4, 0.5) is 0 Å². The van der Waals surface area contributed by atoms with Crippen LogP contribution in [-0.4, -0.2) is 27.0 Å². The highest BCUT2D eigenvalue weighted by molar-refractivity contribution is 6.00. The zero-order valence-electron chi connectivity index (χ0n) is 14.4. The number of carbonyl (C=O) groups excluding carboxylic acids is 1. The van der Waals surface area contributed by atoms with Crippen LogP contribution in [0.2, 0.25) is 0 Å². The van der Waals surface area contributed by atoms with Crippen LogP contribution in [-0.2, 0) is 6.54 Å². The number of imidazole rings is 1. The Kier molecular flexibility index (Phi) is 4.51. The van der Waals surface area contributed by atoms with Crippen molar-refractivity contribution in [2.24, 2.45) is 0 Å². The monoisotopic (exact) mass is 344 g/mol. The molecule has 5 heteroatoms. The molecule has 26 heavy (non-hydrogen) atoms. The number of amides is 1. The third-order valence-electron chi connectivity index (χ3n) is 4.47.